The summed E-state index contributed by atoms with van der Waals surface area (Å²) in [5.41, 5.74) is 2.92. The number of likely N-dealkylation sites (tertiary alicyclic amines) is 1. The predicted molar refractivity (Wildman–Crippen MR) is 96.7 cm³/mol. The molecule has 6 heteroatoms. The number of carbonyl (C=O) groups is 1. The summed E-state index contributed by atoms with van der Waals surface area (Å²) >= 11 is 0. The predicted octanol–water partition coefficient (Wildman–Crippen LogP) is 3.75. The largest absolute Gasteiger partial charge is 0.321 e. The van der Waals surface area contributed by atoms with Crippen molar-refractivity contribution in [3.63, 3.8) is 0 Å². The van der Waals surface area contributed by atoms with Crippen LogP contribution in [0.15, 0.2) is 42.5 Å². The van der Waals surface area contributed by atoms with E-state index in [4.69, 9.17) is 0 Å². The zero-order valence-corrected chi connectivity index (χ0v) is 14.2. The third-order valence-corrected chi connectivity index (χ3v) is 4.50. The number of nitrogens with one attached hydrogen (secondary N) is 1. The maximum Gasteiger partial charge on any atom is 0.271 e. The first kappa shape index (κ1) is 17.1. The lowest BCUT2D eigenvalue weighted by Crippen LogP contribution is -2.18. The normalized spacial score (nSPS) is 14.4. The maximum atomic E-state index is 12.4. The van der Waals surface area contributed by atoms with Gasteiger partial charge in [0.2, 0.25) is 0 Å². The van der Waals surface area contributed by atoms with Crippen LogP contribution >= 0.6 is 0 Å². The van der Waals surface area contributed by atoms with Gasteiger partial charge in [-0.3, -0.25) is 19.8 Å². The fourth-order valence-electron chi connectivity index (χ4n) is 3.01. The van der Waals surface area contributed by atoms with E-state index in [2.05, 4.69) is 10.2 Å². The Morgan fingerprint density at radius 2 is 1.84 bits per heavy atom. The first-order chi connectivity index (χ1) is 12.0. The molecule has 1 saturated heterocycles. The van der Waals surface area contributed by atoms with Crippen molar-refractivity contribution in [2.75, 3.05) is 18.4 Å². The van der Waals surface area contributed by atoms with Gasteiger partial charge >= 0.3 is 0 Å². The number of anilines is 1. The van der Waals surface area contributed by atoms with E-state index in [1.54, 1.807) is 25.1 Å². The molecule has 1 fully saturated rings. The third kappa shape index (κ3) is 4.22. The van der Waals surface area contributed by atoms with E-state index in [9.17, 15) is 14.9 Å². The van der Waals surface area contributed by atoms with Gasteiger partial charge < -0.3 is 5.32 Å². The standard InChI is InChI=1S/C19H21N3O3/c1-14-4-9-17(22(24)25)12-18(14)20-19(23)16-7-5-15(6-8-16)13-21-10-2-3-11-21/h4-9,12H,2-3,10-11,13H2,1H3,(H,20,23). The van der Waals surface area contributed by atoms with Crippen molar-refractivity contribution < 1.29 is 9.72 Å². The van der Waals surface area contributed by atoms with Gasteiger partial charge in [0.15, 0.2) is 0 Å². The number of rotatable bonds is 5. The average molecular weight is 339 g/mol. The number of carbonyl (C=O) groups excluding carboxylic acids is 1. The van der Waals surface area contributed by atoms with Gasteiger partial charge in [-0.15, -0.1) is 0 Å². The molecule has 1 aliphatic rings. The van der Waals surface area contributed by atoms with Crippen LogP contribution < -0.4 is 5.32 Å². The number of hydrogen-bond acceptors (Lipinski definition) is 4. The highest BCUT2D eigenvalue weighted by molar-refractivity contribution is 6.04. The third-order valence-electron chi connectivity index (χ3n) is 4.50. The van der Waals surface area contributed by atoms with Gasteiger partial charge in [-0.1, -0.05) is 18.2 Å². The zero-order valence-electron chi connectivity index (χ0n) is 14.2. The van der Waals surface area contributed by atoms with Crippen LogP contribution in [0.5, 0.6) is 0 Å². The van der Waals surface area contributed by atoms with Crippen molar-refractivity contribution in [1.82, 2.24) is 4.90 Å². The minimum Gasteiger partial charge on any atom is -0.321 e. The van der Waals surface area contributed by atoms with E-state index < -0.39 is 4.92 Å². The van der Waals surface area contributed by atoms with Crippen molar-refractivity contribution in [2.24, 2.45) is 0 Å². The van der Waals surface area contributed by atoms with E-state index in [0.29, 0.717) is 11.3 Å². The molecule has 25 heavy (non-hydrogen) atoms. The van der Waals surface area contributed by atoms with Gasteiger partial charge in [0, 0.05) is 24.2 Å². The highest BCUT2D eigenvalue weighted by Gasteiger charge is 2.14. The van der Waals surface area contributed by atoms with E-state index in [1.807, 2.05) is 12.1 Å². The van der Waals surface area contributed by atoms with Crippen molar-refractivity contribution in [1.29, 1.82) is 0 Å². The number of hydrogen-bond donors (Lipinski definition) is 1. The van der Waals surface area contributed by atoms with Crippen molar-refractivity contribution in [2.45, 2.75) is 26.3 Å². The number of non-ortho nitro benzene ring substituents is 1. The van der Waals surface area contributed by atoms with E-state index in [-0.39, 0.29) is 11.6 Å². The quantitative estimate of drug-likeness (QED) is 0.665. The molecule has 6 nitrogen and oxygen atoms in total. The summed E-state index contributed by atoms with van der Waals surface area (Å²) in [6.07, 6.45) is 2.51. The summed E-state index contributed by atoms with van der Waals surface area (Å²) in [7, 11) is 0. The number of amides is 1. The molecule has 0 unspecified atom stereocenters. The first-order valence-corrected chi connectivity index (χ1v) is 8.40. The highest BCUT2D eigenvalue weighted by atomic mass is 16.6. The smallest absolute Gasteiger partial charge is 0.271 e. The van der Waals surface area contributed by atoms with E-state index in [1.165, 1.54) is 30.5 Å². The molecular formula is C19H21N3O3. The van der Waals surface area contributed by atoms with Gasteiger partial charge in [0.25, 0.3) is 11.6 Å². The summed E-state index contributed by atoms with van der Waals surface area (Å²) in [4.78, 5) is 25.2. The van der Waals surface area contributed by atoms with Crippen LogP contribution in [-0.4, -0.2) is 28.8 Å². The molecule has 0 bridgehead atoms. The molecule has 0 saturated carbocycles. The summed E-state index contributed by atoms with van der Waals surface area (Å²) < 4.78 is 0. The van der Waals surface area contributed by atoms with Gasteiger partial charge in [0.05, 0.1) is 10.6 Å². The topological polar surface area (TPSA) is 75.5 Å². The van der Waals surface area contributed by atoms with Crippen LogP contribution in [0.2, 0.25) is 0 Å². The van der Waals surface area contributed by atoms with Gasteiger partial charge in [0.1, 0.15) is 0 Å². The Balaban J connectivity index is 1.68. The monoisotopic (exact) mass is 339 g/mol. The molecule has 1 N–H and O–H groups in total. The van der Waals surface area contributed by atoms with Crippen molar-refractivity contribution >= 4 is 17.3 Å². The Kier molecular flexibility index (Phi) is 5.09. The maximum absolute atomic E-state index is 12.4. The van der Waals surface area contributed by atoms with Gasteiger partial charge in [-0.2, -0.15) is 0 Å². The Morgan fingerprint density at radius 1 is 1.16 bits per heavy atom. The molecule has 1 heterocycles. The zero-order chi connectivity index (χ0) is 17.8. The van der Waals surface area contributed by atoms with Crippen molar-refractivity contribution in [3.8, 4) is 0 Å². The molecule has 3 rings (SSSR count). The van der Waals surface area contributed by atoms with Crippen LogP contribution in [-0.2, 0) is 6.54 Å². The summed E-state index contributed by atoms with van der Waals surface area (Å²) in [6, 6.07) is 12.0. The molecule has 2 aromatic carbocycles. The number of nitrogens with zero attached hydrogens (tertiary/aromatic N) is 2. The fraction of sp³-hybridized carbons (Fsp3) is 0.316. The molecule has 1 amide bonds. The molecule has 1 aliphatic heterocycles. The Morgan fingerprint density at radius 3 is 2.48 bits per heavy atom. The number of nitro groups is 1. The van der Waals surface area contributed by atoms with E-state index >= 15 is 0 Å². The second-order valence-electron chi connectivity index (χ2n) is 6.39. The lowest BCUT2D eigenvalue weighted by molar-refractivity contribution is -0.384. The molecule has 0 radical (unpaired) electrons. The first-order valence-electron chi connectivity index (χ1n) is 8.40. The minimum absolute atomic E-state index is 0.0399. The lowest BCUT2D eigenvalue weighted by atomic mass is 10.1. The molecule has 0 aromatic heterocycles. The fourth-order valence-corrected chi connectivity index (χ4v) is 3.01. The molecular weight excluding hydrogens is 318 g/mol. The van der Waals surface area contributed by atoms with E-state index in [0.717, 1.165) is 25.2 Å². The summed E-state index contributed by atoms with van der Waals surface area (Å²) in [5.74, 6) is -0.267. The summed E-state index contributed by atoms with van der Waals surface area (Å²) in [6.45, 7) is 4.98. The summed E-state index contributed by atoms with van der Waals surface area (Å²) in [5, 5.41) is 13.6. The Hall–Kier alpha value is -2.73. The second kappa shape index (κ2) is 7.44. The van der Waals surface area contributed by atoms with Gasteiger partial charge in [-0.25, -0.2) is 0 Å². The van der Waals surface area contributed by atoms with Crippen LogP contribution in [0.3, 0.4) is 0 Å². The number of nitro benzene ring substituents is 1. The average Bonchev–Trinajstić information content (AvgIpc) is 3.10. The minimum atomic E-state index is -0.470. The van der Waals surface area contributed by atoms with Crippen LogP contribution in [0.1, 0.15) is 34.3 Å². The van der Waals surface area contributed by atoms with Crippen LogP contribution in [0.4, 0.5) is 11.4 Å². The number of aryl methyl sites for hydroxylation is 1. The number of benzene rings is 2. The second-order valence-corrected chi connectivity index (χ2v) is 6.39. The SMILES string of the molecule is Cc1ccc([N+](=O)[O-])cc1NC(=O)c1ccc(CN2CCCC2)cc1. The Labute approximate surface area is 146 Å². The molecule has 0 atom stereocenters. The Bertz CT molecular complexity index is 781. The molecule has 2 aromatic rings. The highest BCUT2D eigenvalue weighted by Crippen LogP contribution is 2.22. The molecule has 0 aliphatic carbocycles. The van der Waals surface area contributed by atoms with Gasteiger partial charge in [-0.05, 0) is 56.1 Å². The van der Waals surface area contributed by atoms with Crippen molar-refractivity contribution in [3.05, 3.63) is 69.3 Å². The van der Waals surface area contributed by atoms with Crippen LogP contribution in [0, 0.1) is 17.0 Å². The molecule has 0 spiro atoms. The molecule has 130 valence electrons. The van der Waals surface area contributed by atoms with Crippen LogP contribution in [0.25, 0.3) is 0 Å². The lowest BCUT2D eigenvalue weighted by Gasteiger charge is -2.14.